The van der Waals surface area contributed by atoms with E-state index in [1.165, 1.54) is 56.3 Å². The molecular formula is C24H34Cl2N2O. The van der Waals surface area contributed by atoms with E-state index >= 15 is 0 Å². The molecule has 1 atom stereocenters. The topological polar surface area (TPSA) is 26.7 Å². The normalized spacial score (nSPS) is 19.7. The predicted octanol–water partition coefficient (Wildman–Crippen LogP) is 5.47. The second kappa shape index (κ2) is 11.8. The molecule has 5 heteroatoms. The van der Waals surface area contributed by atoms with Gasteiger partial charge in [-0.25, -0.2) is 0 Å². The summed E-state index contributed by atoms with van der Waals surface area (Å²) in [6, 6.07) is 19.8. The fraction of sp³-hybridized carbons (Fsp3) is 0.500. The zero-order chi connectivity index (χ0) is 18.5. The van der Waals surface area contributed by atoms with Crippen molar-refractivity contribution >= 4 is 24.8 Å². The molecule has 2 aromatic rings. The molecule has 2 aromatic carbocycles. The van der Waals surface area contributed by atoms with Gasteiger partial charge < -0.3 is 5.11 Å². The van der Waals surface area contributed by atoms with E-state index in [4.69, 9.17) is 0 Å². The molecule has 0 bridgehead atoms. The molecule has 1 heterocycles. The van der Waals surface area contributed by atoms with E-state index in [1.54, 1.807) is 6.07 Å². The van der Waals surface area contributed by atoms with Crippen molar-refractivity contribution in [3.8, 4) is 5.75 Å². The van der Waals surface area contributed by atoms with Crippen molar-refractivity contribution in [2.45, 2.75) is 50.6 Å². The van der Waals surface area contributed by atoms with Crippen molar-refractivity contribution in [3.63, 3.8) is 0 Å². The predicted molar refractivity (Wildman–Crippen MR) is 126 cm³/mol. The minimum absolute atomic E-state index is 0. The molecule has 0 radical (unpaired) electrons. The van der Waals surface area contributed by atoms with Gasteiger partial charge >= 0.3 is 0 Å². The van der Waals surface area contributed by atoms with Crippen molar-refractivity contribution in [1.29, 1.82) is 0 Å². The third-order valence-corrected chi connectivity index (χ3v) is 6.40. The summed E-state index contributed by atoms with van der Waals surface area (Å²) in [5.74, 6) is 0.362. The second-order valence-electron chi connectivity index (χ2n) is 8.16. The largest absolute Gasteiger partial charge is 0.508 e. The summed E-state index contributed by atoms with van der Waals surface area (Å²) in [4.78, 5) is 5.39. The number of phenolic OH excluding ortho intramolecular Hbond substituents is 1. The number of phenols is 1. The second-order valence-corrected chi connectivity index (χ2v) is 8.16. The minimum atomic E-state index is 0. The Hall–Kier alpha value is -1.26. The Balaban J connectivity index is 0.00000150. The van der Waals surface area contributed by atoms with Crippen LogP contribution in [0.5, 0.6) is 5.75 Å². The average molecular weight is 437 g/mol. The summed E-state index contributed by atoms with van der Waals surface area (Å²) < 4.78 is 0. The summed E-state index contributed by atoms with van der Waals surface area (Å²) in [5, 5.41) is 9.87. The maximum atomic E-state index is 9.87. The lowest BCUT2D eigenvalue weighted by Crippen LogP contribution is -2.51. The third-order valence-electron chi connectivity index (χ3n) is 6.40. The Labute approximate surface area is 187 Å². The van der Waals surface area contributed by atoms with Gasteiger partial charge in [-0.05, 0) is 42.5 Å². The van der Waals surface area contributed by atoms with Crippen molar-refractivity contribution < 1.29 is 5.11 Å². The Morgan fingerprint density at radius 1 is 0.828 bits per heavy atom. The first-order chi connectivity index (χ1) is 13.3. The summed E-state index contributed by atoms with van der Waals surface area (Å²) in [6.07, 6.45) is 7.99. The fourth-order valence-electron chi connectivity index (χ4n) is 4.90. The van der Waals surface area contributed by atoms with Gasteiger partial charge in [0.05, 0.1) is 0 Å². The number of hydrogen-bond acceptors (Lipinski definition) is 3. The van der Waals surface area contributed by atoms with E-state index in [2.05, 4.69) is 46.2 Å². The number of nitrogens with zero attached hydrogens (tertiary/aromatic N) is 2. The SMILES string of the molecule is Cl.Cl.Oc1cccc(CC(c2ccccc2)N2CCN(C3CCCCC3)CC2)c1. The van der Waals surface area contributed by atoms with E-state index in [9.17, 15) is 5.11 Å². The molecule has 2 aliphatic rings. The zero-order valence-electron chi connectivity index (χ0n) is 17.1. The molecule has 0 aromatic heterocycles. The molecule has 1 N–H and O–H groups in total. The number of hydrogen-bond donors (Lipinski definition) is 1. The number of halogens is 2. The highest BCUT2D eigenvalue weighted by molar-refractivity contribution is 5.85. The van der Waals surface area contributed by atoms with Crippen LogP contribution in [0.15, 0.2) is 54.6 Å². The standard InChI is InChI=1S/C24H32N2O.2ClH/c27-23-13-7-8-20(18-23)19-24(21-9-3-1-4-10-21)26-16-14-25(15-17-26)22-11-5-2-6-12-22;;/h1,3-4,7-10,13,18,22,24,27H,2,5-6,11-12,14-17,19H2;2*1H. The van der Waals surface area contributed by atoms with Gasteiger partial charge in [-0.3, -0.25) is 9.80 Å². The van der Waals surface area contributed by atoms with Crippen molar-refractivity contribution in [1.82, 2.24) is 9.80 Å². The van der Waals surface area contributed by atoms with Crippen LogP contribution in [0.2, 0.25) is 0 Å². The average Bonchev–Trinajstić information content (AvgIpc) is 2.74. The van der Waals surface area contributed by atoms with Crippen molar-refractivity contribution in [2.24, 2.45) is 0 Å². The molecule has 4 rings (SSSR count). The molecule has 1 aliphatic carbocycles. The van der Waals surface area contributed by atoms with Gasteiger partial charge in [0.15, 0.2) is 0 Å². The van der Waals surface area contributed by atoms with Gasteiger partial charge in [-0.1, -0.05) is 61.7 Å². The Bertz CT molecular complexity index is 714. The Kier molecular flexibility index (Phi) is 9.78. The molecule has 160 valence electrons. The molecule has 0 spiro atoms. The monoisotopic (exact) mass is 436 g/mol. The number of aromatic hydroxyl groups is 1. The maximum Gasteiger partial charge on any atom is 0.115 e. The summed E-state index contributed by atoms with van der Waals surface area (Å²) >= 11 is 0. The zero-order valence-corrected chi connectivity index (χ0v) is 18.7. The molecule has 29 heavy (non-hydrogen) atoms. The van der Waals surface area contributed by atoms with Crippen LogP contribution in [0.3, 0.4) is 0 Å². The highest BCUT2D eigenvalue weighted by Crippen LogP contribution is 2.29. The highest BCUT2D eigenvalue weighted by Gasteiger charge is 2.29. The molecule has 1 aliphatic heterocycles. The lowest BCUT2D eigenvalue weighted by molar-refractivity contribution is 0.0559. The van der Waals surface area contributed by atoms with Gasteiger partial charge in [-0.15, -0.1) is 24.8 Å². The van der Waals surface area contributed by atoms with Crippen LogP contribution in [-0.2, 0) is 6.42 Å². The van der Waals surface area contributed by atoms with E-state index in [-0.39, 0.29) is 24.8 Å². The molecular weight excluding hydrogens is 403 g/mol. The summed E-state index contributed by atoms with van der Waals surface area (Å²) in [5.41, 5.74) is 2.59. The third kappa shape index (κ3) is 6.36. The van der Waals surface area contributed by atoms with Crippen LogP contribution in [0.1, 0.15) is 49.3 Å². The number of rotatable bonds is 5. The van der Waals surface area contributed by atoms with Gasteiger partial charge in [0.2, 0.25) is 0 Å². The molecule has 2 fully saturated rings. The summed E-state index contributed by atoms with van der Waals surface area (Å²) in [6.45, 7) is 4.64. The van der Waals surface area contributed by atoms with Gasteiger partial charge in [0.1, 0.15) is 5.75 Å². The Morgan fingerprint density at radius 2 is 1.52 bits per heavy atom. The van der Waals surface area contributed by atoms with E-state index in [0.717, 1.165) is 25.6 Å². The van der Waals surface area contributed by atoms with Gasteiger partial charge in [0.25, 0.3) is 0 Å². The van der Waals surface area contributed by atoms with Gasteiger partial charge in [0, 0.05) is 38.3 Å². The Morgan fingerprint density at radius 3 is 2.17 bits per heavy atom. The van der Waals surface area contributed by atoms with E-state index in [1.807, 2.05) is 12.1 Å². The van der Waals surface area contributed by atoms with Crippen LogP contribution in [-0.4, -0.2) is 47.1 Å². The number of piperazine rings is 1. The maximum absolute atomic E-state index is 9.87. The van der Waals surface area contributed by atoms with E-state index < -0.39 is 0 Å². The molecule has 3 nitrogen and oxygen atoms in total. The van der Waals surface area contributed by atoms with Crippen LogP contribution in [0, 0.1) is 0 Å². The fourth-order valence-corrected chi connectivity index (χ4v) is 4.90. The lowest BCUT2D eigenvalue weighted by Gasteiger charge is -2.43. The first kappa shape index (κ1) is 24.0. The van der Waals surface area contributed by atoms with E-state index in [0.29, 0.717) is 11.8 Å². The number of benzene rings is 2. The lowest BCUT2D eigenvalue weighted by atomic mass is 9.93. The van der Waals surface area contributed by atoms with Crippen molar-refractivity contribution in [3.05, 3.63) is 65.7 Å². The van der Waals surface area contributed by atoms with Crippen LogP contribution in [0.25, 0.3) is 0 Å². The van der Waals surface area contributed by atoms with Crippen LogP contribution >= 0.6 is 24.8 Å². The van der Waals surface area contributed by atoms with Gasteiger partial charge in [-0.2, -0.15) is 0 Å². The quantitative estimate of drug-likeness (QED) is 0.672. The smallest absolute Gasteiger partial charge is 0.115 e. The van der Waals surface area contributed by atoms with Crippen LogP contribution < -0.4 is 0 Å². The minimum Gasteiger partial charge on any atom is -0.508 e. The first-order valence-electron chi connectivity index (χ1n) is 10.6. The summed E-state index contributed by atoms with van der Waals surface area (Å²) in [7, 11) is 0. The molecule has 0 amide bonds. The van der Waals surface area contributed by atoms with Crippen LogP contribution in [0.4, 0.5) is 0 Å². The highest BCUT2D eigenvalue weighted by atomic mass is 35.5. The molecule has 1 saturated heterocycles. The van der Waals surface area contributed by atoms with Crippen molar-refractivity contribution in [2.75, 3.05) is 26.2 Å². The first-order valence-corrected chi connectivity index (χ1v) is 10.6. The molecule has 1 unspecified atom stereocenters. The molecule has 1 saturated carbocycles.